The number of carbonyl (C=O) groups excluding carboxylic acids is 1. The number of benzene rings is 1. The number of nitrogens with one attached hydrogen (secondary N) is 2. The summed E-state index contributed by atoms with van der Waals surface area (Å²) in [5.74, 6) is -0.273. The van der Waals surface area contributed by atoms with E-state index in [4.69, 9.17) is 0 Å². The van der Waals surface area contributed by atoms with Gasteiger partial charge in [-0.25, -0.2) is 4.39 Å². The molecule has 0 saturated carbocycles. The third-order valence-corrected chi connectivity index (χ3v) is 2.52. The summed E-state index contributed by atoms with van der Waals surface area (Å²) in [7, 11) is 1.60. The molecule has 1 aromatic rings. The fourth-order valence-electron chi connectivity index (χ4n) is 1.27. The Morgan fingerprint density at radius 2 is 2.19 bits per heavy atom. The van der Waals surface area contributed by atoms with Crippen LogP contribution in [0, 0.1) is 5.82 Å². The van der Waals surface area contributed by atoms with Gasteiger partial charge in [-0.15, -0.1) is 0 Å². The highest BCUT2D eigenvalue weighted by molar-refractivity contribution is 9.10. The Kier molecular flexibility index (Phi) is 5.42. The molecule has 0 aliphatic carbocycles. The van der Waals surface area contributed by atoms with Crippen LogP contribution in [-0.2, 0) is 11.3 Å². The molecule has 16 heavy (non-hydrogen) atoms. The first-order chi connectivity index (χ1) is 7.61. The van der Waals surface area contributed by atoms with E-state index in [9.17, 15) is 9.18 Å². The number of rotatable bonds is 5. The quantitative estimate of drug-likeness (QED) is 0.812. The Balaban J connectivity index is 2.34. The van der Waals surface area contributed by atoms with Gasteiger partial charge in [0.05, 0.1) is 0 Å². The van der Waals surface area contributed by atoms with E-state index in [2.05, 4.69) is 26.6 Å². The Hall–Kier alpha value is -0.940. The number of hydrogen-bond acceptors (Lipinski definition) is 2. The van der Waals surface area contributed by atoms with Crippen LogP contribution in [0.1, 0.15) is 12.0 Å². The van der Waals surface area contributed by atoms with Gasteiger partial charge >= 0.3 is 0 Å². The molecule has 0 bridgehead atoms. The molecule has 0 aliphatic heterocycles. The fraction of sp³-hybridized carbons (Fsp3) is 0.364. The van der Waals surface area contributed by atoms with Crippen molar-refractivity contribution in [2.45, 2.75) is 13.0 Å². The first-order valence-electron chi connectivity index (χ1n) is 4.98. The SMILES string of the molecule is CNC(=O)CCNCc1cc(F)cc(Br)c1. The van der Waals surface area contributed by atoms with Crippen LogP contribution < -0.4 is 10.6 Å². The van der Waals surface area contributed by atoms with E-state index in [1.807, 2.05) is 6.07 Å². The summed E-state index contributed by atoms with van der Waals surface area (Å²) in [4.78, 5) is 10.9. The summed E-state index contributed by atoms with van der Waals surface area (Å²) in [6.45, 7) is 1.13. The maximum absolute atomic E-state index is 13.0. The molecule has 0 aromatic heterocycles. The average molecular weight is 289 g/mol. The minimum atomic E-state index is -0.266. The van der Waals surface area contributed by atoms with Crippen molar-refractivity contribution < 1.29 is 9.18 Å². The Morgan fingerprint density at radius 1 is 1.44 bits per heavy atom. The first kappa shape index (κ1) is 13.1. The Morgan fingerprint density at radius 3 is 2.81 bits per heavy atom. The van der Waals surface area contributed by atoms with E-state index in [-0.39, 0.29) is 11.7 Å². The van der Waals surface area contributed by atoms with Crippen LogP contribution >= 0.6 is 15.9 Å². The number of hydrogen-bond donors (Lipinski definition) is 2. The smallest absolute Gasteiger partial charge is 0.221 e. The minimum absolute atomic E-state index is 0.00655. The van der Waals surface area contributed by atoms with Crippen LogP contribution in [0.25, 0.3) is 0 Å². The highest BCUT2D eigenvalue weighted by Crippen LogP contribution is 2.14. The summed E-state index contributed by atoms with van der Waals surface area (Å²) in [5.41, 5.74) is 0.851. The van der Waals surface area contributed by atoms with E-state index in [1.165, 1.54) is 12.1 Å². The van der Waals surface area contributed by atoms with E-state index < -0.39 is 0 Å². The second kappa shape index (κ2) is 6.60. The molecule has 0 fully saturated rings. The summed E-state index contributed by atoms with van der Waals surface area (Å²) < 4.78 is 13.7. The molecule has 0 spiro atoms. The Bertz CT molecular complexity index is 351. The molecule has 0 saturated heterocycles. The molecule has 0 aliphatic rings. The van der Waals surface area contributed by atoms with Gasteiger partial charge in [-0.1, -0.05) is 15.9 Å². The average Bonchev–Trinajstić information content (AvgIpc) is 2.22. The van der Waals surface area contributed by atoms with E-state index in [1.54, 1.807) is 7.05 Å². The van der Waals surface area contributed by atoms with Gasteiger partial charge < -0.3 is 10.6 Å². The minimum Gasteiger partial charge on any atom is -0.359 e. The summed E-state index contributed by atoms with van der Waals surface area (Å²) in [6, 6.07) is 4.72. The third-order valence-electron chi connectivity index (χ3n) is 2.06. The largest absolute Gasteiger partial charge is 0.359 e. The lowest BCUT2D eigenvalue weighted by atomic mass is 10.2. The highest BCUT2D eigenvalue weighted by atomic mass is 79.9. The molecule has 0 radical (unpaired) electrons. The lowest BCUT2D eigenvalue weighted by Gasteiger charge is -2.05. The topological polar surface area (TPSA) is 41.1 Å². The van der Waals surface area contributed by atoms with Crippen molar-refractivity contribution in [3.63, 3.8) is 0 Å². The number of amides is 1. The zero-order valence-corrected chi connectivity index (χ0v) is 10.6. The van der Waals surface area contributed by atoms with E-state index in [0.29, 0.717) is 19.5 Å². The molecule has 1 rings (SSSR count). The monoisotopic (exact) mass is 288 g/mol. The van der Waals surface area contributed by atoms with Gasteiger partial charge in [0, 0.05) is 31.0 Å². The normalized spacial score (nSPS) is 10.2. The molecule has 1 aromatic carbocycles. The molecule has 0 heterocycles. The van der Waals surface area contributed by atoms with E-state index >= 15 is 0 Å². The second-order valence-electron chi connectivity index (χ2n) is 3.38. The van der Waals surface area contributed by atoms with Crippen LogP contribution in [-0.4, -0.2) is 19.5 Å². The molecule has 5 heteroatoms. The van der Waals surface area contributed by atoms with Gasteiger partial charge in [-0.2, -0.15) is 0 Å². The second-order valence-corrected chi connectivity index (χ2v) is 4.29. The molecular formula is C11H14BrFN2O. The molecule has 0 atom stereocenters. The van der Waals surface area contributed by atoms with Crippen LogP contribution in [0.5, 0.6) is 0 Å². The van der Waals surface area contributed by atoms with Gasteiger partial charge in [0.25, 0.3) is 0 Å². The Labute approximate surface area is 103 Å². The van der Waals surface area contributed by atoms with Crippen molar-refractivity contribution in [3.05, 3.63) is 34.1 Å². The number of halogens is 2. The van der Waals surface area contributed by atoms with Gasteiger partial charge in [0.15, 0.2) is 0 Å². The van der Waals surface area contributed by atoms with Crippen molar-refractivity contribution in [2.24, 2.45) is 0 Å². The molecule has 2 N–H and O–H groups in total. The lowest BCUT2D eigenvalue weighted by Crippen LogP contribution is -2.24. The molecule has 88 valence electrons. The zero-order chi connectivity index (χ0) is 12.0. The van der Waals surface area contributed by atoms with Crippen LogP contribution in [0.4, 0.5) is 4.39 Å². The molecular weight excluding hydrogens is 275 g/mol. The summed E-state index contributed by atoms with van der Waals surface area (Å²) in [5, 5.41) is 5.61. The molecule has 3 nitrogen and oxygen atoms in total. The highest BCUT2D eigenvalue weighted by Gasteiger charge is 2.00. The van der Waals surface area contributed by atoms with Crippen LogP contribution in [0.15, 0.2) is 22.7 Å². The van der Waals surface area contributed by atoms with Gasteiger partial charge in [-0.3, -0.25) is 4.79 Å². The van der Waals surface area contributed by atoms with Crippen molar-refractivity contribution in [1.82, 2.24) is 10.6 Å². The summed E-state index contributed by atoms with van der Waals surface area (Å²) >= 11 is 3.22. The standard InChI is InChI=1S/C11H14BrFN2O/c1-14-11(16)2-3-15-7-8-4-9(12)6-10(13)5-8/h4-6,15H,2-3,7H2,1H3,(H,14,16). The van der Waals surface area contributed by atoms with Crippen LogP contribution in [0.3, 0.4) is 0 Å². The third kappa shape index (κ3) is 4.72. The maximum Gasteiger partial charge on any atom is 0.221 e. The fourth-order valence-corrected chi connectivity index (χ4v) is 1.79. The van der Waals surface area contributed by atoms with Crippen molar-refractivity contribution in [2.75, 3.05) is 13.6 Å². The predicted octanol–water partition coefficient (Wildman–Crippen LogP) is 1.81. The lowest BCUT2D eigenvalue weighted by molar-refractivity contribution is -0.120. The predicted molar refractivity (Wildman–Crippen MR) is 64.5 cm³/mol. The van der Waals surface area contributed by atoms with Crippen molar-refractivity contribution in [1.29, 1.82) is 0 Å². The van der Waals surface area contributed by atoms with Gasteiger partial charge in [0.2, 0.25) is 5.91 Å². The van der Waals surface area contributed by atoms with Crippen molar-refractivity contribution in [3.8, 4) is 0 Å². The van der Waals surface area contributed by atoms with Crippen molar-refractivity contribution >= 4 is 21.8 Å². The maximum atomic E-state index is 13.0. The number of carbonyl (C=O) groups is 1. The zero-order valence-electron chi connectivity index (χ0n) is 9.02. The summed E-state index contributed by atoms with van der Waals surface area (Å²) in [6.07, 6.45) is 0.424. The molecule has 0 unspecified atom stereocenters. The van der Waals surface area contributed by atoms with Crippen LogP contribution in [0.2, 0.25) is 0 Å². The first-order valence-corrected chi connectivity index (χ1v) is 5.77. The molecule has 1 amide bonds. The van der Waals surface area contributed by atoms with Gasteiger partial charge in [0.1, 0.15) is 5.82 Å². The van der Waals surface area contributed by atoms with Gasteiger partial charge in [-0.05, 0) is 23.8 Å². The van der Waals surface area contributed by atoms with E-state index in [0.717, 1.165) is 10.0 Å².